The zero-order valence-corrected chi connectivity index (χ0v) is 12.3. The van der Waals surface area contributed by atoms with E-state index in [0.29, 0.717) is 18.8 Å². The summed E-state index contributed by atoms with van der Waals surface area (Å²) < 4.78 is 18.2. The number of carbonyl (C=O) groups excluding carboxylic acids is 1. The lowest BCUT2D eigenvalue weighted by Crippen LogP contribution is -2.38. The number of hydrogen-bond acceptors (Lipinski definition) is 2. The number of hydrogen-bond donors (Lipinski definition) is 2. The van der Waals surface area contributed by atoms with E-state index in [-0.39, 0.29) is 17.7 Å². The van der Waals surface area contributed by atoms with Gasteiger partial charge in [0.15, 0.2) is 0 Å². The summed E-state index contributed by atoms with van der Waals surface area (Å²) in [5.74, 6) is -0.00912. The molecule has 112 valence electrons. The third-order valence-electron chi connectivity index (χ3n) is 2.60. The van der Waals surface area contributed by atoms with Gasteiger partial charge in [-0.05, 0) is 24.6 Å². The number of benzene rings is 1. The Kier molecular flexibility index (Phi) is 7.80. The van der Waals surface area contributed by atoms with Crippen molar-refractivity contribution in [2.75, 3.05) is 19.7 Å². The Labute approximate surface area is 123 Å². The largest absolute Gasteiger partial charge is 0.490 e. The van der Waals surface area contributed by atoms with E-state index in [4.69, 9.17) is 16.3 Å². The highest BCUT2D eigenvalue weighted by Crippen LogP contribution is 2.24. The second-order valence-electron chi connectivity index (χ2n) is 4.31. The van der Waals surface area contributed by atoms with Gasteiger partial charge in [-0.2, -0.15) is 0 Å². The molecular formula is C14H20ClFN2O2. The fourth-order valence-corrected chi connectivity index (χ4v) is 1.78. The second kappa shape index (κ2) is 9.42. The second-order valence-corrected chi connectivity index (χ2v) is 4.72. The third kappa shape index (κ3) is 6.61. The fraction of sp³-hybridized carbons (Fsp3) is 0.500. The summed E-state index contributed by atoms with van der Waals surface area (Å²) in [4.78, 5) is 11.4. The lowest BCUT2D eigenvalue weighted by molar-refractivity contribution is 0.236. The van der Waals surface area contributed by atoms with Crippen molar-refractivity contribution in [2.45, 2.75) is 26.2 Å². The van der Waals surface area contributed by atoms with Gasteiger partial charge < -0.3 is 15.4 Å². The summed E-state index contributed by atoms with van der Waals surface area (Å²) in [5.41, 5.74) is 0. The minimum Gasteiger partial charge on any atom is -0.490 e. The van der Waals surface area contributed by atoms with E-state index in [1.165, 1.54) is 18.2 Å². The molecule has 0 atom stereocenters. The average Bonchev–Trinajstić information content (AvgIpc) is 2.41. The van der Waals surface area contributed by atoms with Crippen LogP contribution in [0, 0.1) is 5.82 Å². The standard InChI is InChI=1S/C14H20ClFN2O2/c1-2-3-4-7-17-14(19)18-8-9-20-13-6-5-11(16)10-12(13)15/h5-6,10H,2-4,7-9H2,1H3,(H2,17,18,19). The third-order valence-corrected chi connectivity index (χ3v) is 2.90. The Morgan fingerprint density at radius 1 is 1.30 bits per heavy atom. The van der Waals surface area contributed by atoms with Crippen molar-refractivity contribution in [3.63, 3.8) is 0 Å². The quantitative estimate of drug-likeness (QED) is 0.724. The Hall–Kier alpha value is -1.49. The van der Waals surface area contributed by atoms with Crippen molar-refractivity contribution in [1.82, 2.24) is 10.6 Å². The van der Waals surface area contributed by atoms with E-state index in [1.807, 2.05) is 0 Å². The molecule has 0 aliphatic rings. The maximum absolute atomic E-state index is 12.8. The molecule has 0 saturated heterocycles. The van der Waals surface area contributed by atoms with Crippen molar-refractivity contribution in [1.29, 1.82) is 0 Å². The van der Waals surface area contributed by atoms with Crippen molar-refractivity contribution in [2.24, 2.45) is 0 Å². The Morgan fingerprint density at radius 3 is 2.75 bits per heavy atom. The number of urea groups is 1. The van der Waals surface area contributed by atoms with Gasteiger partial charge in [0.25, 0.3) is 0 Å². The molecule has 0 fully saturated rings. The number of ether oxygens (including phenoxy) is 1. The minimum atomic E-state index is -0.410. The molecular weight excluding hydrogens is 283 g/mol. The summed E-state index contributed by atoms with van der Waals surface area (Å²) in [7, 11) is 0. The van der Waals surface area contributed by atoms with Crippen LogP contribution < -0.4 is 15.4 Å². The number of carbonyl (C=O) groups is 1. The van der Waals surface area contributed by atoms with Crippen LogP contribution in [0.1, 0.15) is 26.2 Å². The van der Waals surface area contributed by atoms with Gasteiger partial charge in [0.05, 0.1) is 11.6 Å². The van der Waals surface area contributed by atoms with E-state index < -0.39 is 5.82 Å². The SMILES string of the molecule is CCCCCNC(=O)NCCOc1ccc(F)cc1Cl. The maximum Gasteiger partial charge on any atom is 0.314 e. The molecule has 2 amide bonds. The van der Waals surface area contributed by atoms with Gasteiger partial charge in [-0.3, -0.25) is 0 Å². The maximum atomic E-state index is 12.8. The molecule has 0 aromatic heterocycles. The van der Waals surface area contributed by atoms with Crippen LogP contribution in [0.3, 0.4) is 0 Å². The number of rotatable bonds is 8. The lowest BCUT2D eigenvalue weighted by Gasteiger charge is -2.10. The minimum absolute atomic E-state index is 0.213. The van der Waals surface area contributed by atoms with Gasteiger partial charge in [-0.25, -0.2) is 9.18 Å². The van der Waals surface area contributed by atoms with Crippen LogP contribution in [0.25, 0.3) is 0 Å². The molecule has 0 unspecified atom stereocenters. The van der Waals surface area contributed by atoms with Gasteiger partial charge >= 0.3 is 6.03 Å². The predicted octanol–water partition coefficient (Wildman–Crippen LogP) is 3.35. The molecule has 6 heteroatoms. The molecule has 20 heavy (non-hydrogen) atoms. The van der Waals surface area contributed by atoms with Gasteiger partial charge in [0.1, 0.15) is 18.2 Å². The van der Waals surface area contributed by atoms with E-state index in [0.717, 1.165) is 19.3 Å². The summed E-state index contributed by atoms with van der Waals surface area (Å²) in [5, 5.41) is 5.64. The zero-order valence-electron chi connectivity index (χ0n) is 11.5. The molecule has 1 rings (SSSR count). The smallest absolute Gasteiger partial charge is 0.314 e. The Bertz CT molecular complexity index is 430. The highest BCUT2D eigenvalue weighted by Gasteiger charge is 2.03. The van der Waals surface area contributed by atoms with Gasteiger partial charge in [0, 0.05) is 6.54 Å². The molecule has 1 aromatic rings. The van der Waals surface area contributed by atoms with E-state index in [1.54, 1.807) is 0 Å². The van der Waals surface area contributed by atoms with Gasteiger partial charge in [0.2, 0.25) is 0 Å². The lowest BCUT2D eigenvalue weighted by atomic mass is 10.2. The molecule has 0 spiro atoms. The first-order chi connectivity index (χ1) is 9.63. The topological polar surface area (TPSA) is 50.4 Å². The van der Waals surface area contributed by atoms with Crippen molar-refractivity contribution in [3.8, 4) is 5.75 Å². The number of halogens is 2. The first-order valence-electron chi connectivity index (χ1n) is 6.73. The molecule has 0 saturated carbocycles. The van der Waals surface area contributed by atoms with Crippen LogP contribution in [0.4, 0.5) is 9.18 Å². The van der Waals surface area contributed by atoms with E-state index in [9.17, 15) is 9.18 Å². The fourth-order valence-electron chi connectivity index (χ4n) is 1.56. The van der Waals surface area contributed by atoms with Gasteiger partial charge in [-0.15, -0.1) is 0 Å². The van der Waals surface area contributed by atoms with E-state index in [2.05, 4.69) is 17.6 Å². The van der Waals surface area contributed by atoms with Crippen LogP contribution in [0.5, 0.6) is 5.75 Å². The monoisotopic (exact) mass is 302 g/mol. The summed E-state index contributed by atoms with van der Waals surface area (Å²) in [6.07, 6.45) is 3.20. The first-order valence-corrected chi connectivity index (χ1v) is 7.11. The number of unbranched alkanes of at least 4 members (excludes halogenated alkanes) is 2. The number of amides is 2. The summed E-state index contributed by atoms with van der Waals surface area (Å²) >= 11 is 5.80. The highest BCUT2D eigenvalue weighted by atomic mass is 35.5. The molecule has 0 aliphatic heterocycles. The van der Waals surface area contributed by atoms with E-state index >= 15 is 0 Å². The average molecular weight is 303 g/mol. The van der Waals surface area contributed by atoms with Crippen LogP contribution in [0.15, 0.2) is 18.2 Å². The highest BCUT2D eigenvalue weighted by molar-refractivity contribution is 6.32. The summed E-state index contributed by atoms with van der Waals surface area (Å²) in [6.45, 7) is 3.41. The predicted molar refractivity (Wildman–Crippen MR) is 77.8 cm³/mol. The molecule has 2 N–H and O–H groups in total. The van der Waals surface area contributed by atoms with Crippen molar-refractivity contribution >= 4 is 17.6 Å². The molecule has 0 radical (unpaired) electrons. The molecule has 0 aliphatic carbocycles. The molecule has 4 nitrogen and oxygen atoms in total. The number of nitrogens with one attached hydrogen (secondary N) is 2. The van der Waals surface area contributed by atoms with Crippen LogP contribution in [0.2, 0.25) is 5.02 Å². The first kappa shape index (κ1) is 16.6. The van der Waals surface area contributed by atoms with Crippen LogP contribution in [-0.4, -0.2) is 25.7 Å². The van der Waals surface area contributed by atoms with Gasteiger partial charge in [-0.1, -0.05) is 31.4 Å². The van der Waals surface area contributed by atoms with Crippen LogP contribution in [-0.2, 0) is 0 Å². The van der Waals surface area contributed by atoms with Crippen molar-refractivity contribution < 1.29 is 13.9 Å². The Morgan fingerprint density at radius 2 is 2.05 bits per heavy atom. The van der Waals surface area contributed by atoms with Crippen molar-refractivity contribution in [3.05, 3.63) is 29.0 Å². The summed E-state index contributed by atoms with van der Waals surface area (Å²) in [6, 6.07) is 3.71. The molecule has 0 heterocycles. The molecule has 1 aromatic carbocycles. The van der Waals surface area contributed by atoms with Crippen LogP contribution >= 0.6 is 11.6 Å². The zero-order chi connectivity index (χ0) is 14.8. The Balaban J connectivity index is 2.13. The normalized spacial score (nSPS) is 10.2. The molecule has 0 bridgehead atoms.